The van der Waals surface area contributed by atoms with Crippen molar-refractivity contribution in [2.75, 3.05) is 0 Å². The van der Waals surface area contributed by atoms with Gasteiger partial charge in [0.2, 0.25) is 0 Å². The molecule has 0 radical (unpaired) electrons. The number of nitrogens with two attached hydrogens (primary N) is 2. The summed E-state index contributed by atoms with van der Waals surface area (Å²) in [4.78, 5) is 14.5. The molecule has 1 heterocycles. The van der Waals surface area contributed by atoms with Crippen LogP contribution in [0.2, 0.25) is 0 Å². The Labute approximate surface area is 167 Å². The predicted molar refractivity (Wildman–Crippen MR) is 112 cm³/mol. The van der Waals surface area contributed by atoms with E-state index < -0.39 is 5.97 Å². The smallest absolute Gasteiger partial charge is 0.307 e. The summed E-state index contributed by atoms with van der Waals surface area (Å²) in [5.74, 6) is -1.01. The van der Waals surface area contributed by atoms with Gasteiger partial charge in [0.1, 0.15) is 11.7 Å². The number of amidine groups is 2. The van der Waals surface area contributed by atoms with E-state index in [4.69, 9.17) is 22.3 Å². The molecule has 3 aromatic rings. The molecule has 0 aliphatic rings. The van der Waals surface area contributed by atoms with E-state index in [1.54, 1.807) is 42.5 Å². The van der Waals surface area contributed by atoms with Crippen LogP contribution in [-0.2, 0) is 11.2 Å². The molecule has 1 aromatic heterocycles. The second-order valence-electron chi connectivity index (χ2n) is 5.71. The van der Waals surface area contributed by atoms with E-state index in [-0.39, 0.29) is 42.9 Å². The lowest BCUT2D eigenvalue weighted by molar-refractivity contribution is -0.136. The number of carboxylic acids is 1. The Bertz CT molecular complexity index is 1010. The molecule has 0 saturated carbocycles. The standard InChI is InChI=1S/C18H17N5O2.2ClH/c19-17(20)10-3-1-9(2-4-10)16-13(8-15(24)25)12-6-5-11(18(21)22)7-14(12)23-16;;/h1-7,23H,8H2,(H3,19,20)(H3,21,22)(H,24,25);2*1H. The minimum atomic E-state index is -0.932. The van der Waals surface area contributed by atoms with E-state index in [0.717, 1.165) is 16.5 Å². The summed E-state index contributed by atoms with van der Waals surface area (Å²) in [7, 11) is 0. The molecule has 0 amide bonds. The van der Waals surface area contributed by atoms with Crippen molar-refractivity contribution in [2.24, 2.45) is 11.5 Å². The van der Waals surface area contributed by atoms with Crippen LogP contribution in [0.1, 0.15) is 16.7 Å². The number of aliphatic carboxylic acids is 1. The third-order valence-corrected chi connectivity index (χ3v) is 4.03. The first-order valence-corrected chi connectivity index (χ1v) is 7.52. The van der Waals surface area contributed by atoms with E-state index in [0.29, 0.717) is 22.4 Å². The first kappa shape index (κ1) is 22.0. The lowest BCUT2D eigenvalue weighted by atomic mass is 10.0. The van der Waals surface area contributed by atoms with E-state index in [1.165, 1.54) is 0 Å². The molecule has 0 unspecified atom stereocenters. The fourth-order valence-corrected chi connectivity index (χ4v) is 2.82. The van der Waals surface area contributed by atoms with E-state index in [1.807, 2.05) is 0 Å². The average Bonchev–Trinajstić information content (AvgIpc) is 2.92. The highest BCUT2D eigenvalue weighted by atomic mass is 35.5. The van der Waals surface area contributed by atoms with Gasteiger partial charge in [-0.2, -0.15) is 0 Å². The normalized spacial score (nSPS) is 9.93. The molecular formula is C18H19Cl2N5O2. The van der Waals surface area contributed by atoms with Crippen LogP contribution in [0, 0.1) is 10.8 Å². The van der Waals surface area contributed by atoms with Gasteiger partial charge >= 0.3 is 5.97 Å². The lowest BCUT2D eigenvalue weighted by Gasteiger charge is -2.05. The summed E-state index contributed by atoms with van der Waals surface area (Å²) in [6, 6.07) is 12.2. The third-order valence-electron chi connectivity index (χ3n) is 4.03. The number of aromatic nitrogens is 1. The fourth-order valence-electron chi connectivity index (χ4n) is 2.82. The van der Waals surface area contributed by atoms with Gasteiger partial charge in [-0.3, -0.25) is 15.6 Å². The van der Waals surface area contributed by atoms with E-state index in [2.05, 4.69) is 4.98 Å². The summed E-state index contributed by atoms with van der Waals surface area (Å²) in [6.07, 6.45) is -0.136. The van der Waals surface area contributed by atoms with Crippen molar-refractivity contribution in [1.82, 2.24) is 4.98 Å². The van der Waals surface area contributed by atoms with Crippen LogP contribution in [0.5, 0.6) is 0 Å². The number of nitrogen functional groups attached to an aromatic ring is 2. The molecule has 0 bridgehead atoms. The average molecular weight is 408 g/mol. The van der Waals surface area contributed by atoms with Gasteiger partial charge in [0.05, 0.1) is 12.1 Å². The maximum atomic E-state index is 11.3. The molecule has 0 spiro atoms. The van der Waals surface area contributed by atoms with Crippen molar-refractivity contribution in [1.29, 1.82) is 10.8 Å². The van der Waals surface area contributed by atoms with Gasteiger partial charge in [-0.05, 0) is 17.2 Å². The summed E-state index contributed by atoms with van der Waals surface area (Å²) >= 11 is 0. The second-order valence-corrected chi connectivity index (χ2v) is 5.71. The maximum Gasteiger partial charge on any atom is 0.307 e. The quantitative estimate of drug-likeness (QED) is 0.284. The van der Waals surface area contributed by atoms with Crippen LogP contribution in [0.3, 0.4) is 0 Å². The Balaban J connectivity index is 0.00000182. The zero-order chi connectivity index (χ0) is 18.1. The molecule has 27 heavy (non-hydrogen) atoms. The number of rotatable bonds is 5. The molecule has 7 nitrogen and oxygen atoms in total. The van der Waals surface area contributed by atoms with Crippen molar-refractivity contribution in [3.05, 3.63) is 59.2 Å². The summed E-state index contributed by atoms with van der Waals surface area (Å²) in [5, 5.41) is 25.0. The number of benzene rings is 2. The second kappa shape index (κ2) is 8.57. The molecular weight excluding hydrogens is 389 g/mol. The molecule has 8 N–H and O–H groups in total. The first-order valence-electron chi connectivity index (χ1n) is 7.52. The monoisotopic (exact) mass is 407 g/mol. The molecule has 0 fully saturated rings. The predicted octanol–water partition coefficient (Wildman–Crippen LogP) is 2.87. The minimum Gasteiger partial charge on any atom is -0.481 e. The number of carboxylic acid groups (broad SMARTS) is 1. The zero-order valence-corrected chi connectivity index (χ0v) is 15.7. The molecule has 0 atom stereocenters. The molecule has 0 aliphatic heterocycles. The fraction of sp³-hybridized carbons (Fsp3) is 0.0556. The van der Waals surface area contributed by atoms with Crippen LogP contribution < -0.4 is 11.5 Å². The van der Waals surface area contributed by atoms with Gasteiger partial charge in [0.15, 0.2) is 0 Å². The first-order chi connectivity index (χ1) is 11.9. The highest BCUT2D eigenvalue weighted by Gasteiger charge is 2.16. The van der Waals surface area contributed by atoms with Crippen molar-refractivity contribution in [3.63, 3.8) is 0 Å². The lowest BCUT2D eigenvalue weighted by Crippen LogP contribution is -2.10. The largest absolute Gasteiger partial charge is 0.481 e. The number of nitrogens with one attached hydrogen (secondary N) is 3. The number of carbonyl (C=O) groups is 1. The van der Waals surface area contributed by atoms with E-state index in [9.17, 15) is 9.90 Å². The number of hydrogen-bond donors (Lipinski definition) is 6. The van der Waals surface area contributed by atoms with Gasteiger partial charge in [0, 0.05) is 22.0 Å². The Morgan fingerprint density at radius 3 is 2.04 bits per heavy atom. The number of halogens is 2. The Morgan fingerprint density at radius 2 is 1.52 bits per heavy atom. The van der Waals surface area contributed by atoms with Gasteiger partial charge in [0.25, 0.3) is 0 Å². The molecule has 9 heteroatoms. The number of hydrogen-bond acceptors (Lipinski definition) is 3. The van der Waals surface area contributed by atoms with Gasteiger partial charge in [-0.15, -0.1) is 24.8 Å². The number of fused-ring (bicyclic) bond motifs is 1. The van der Waals surface area contributed by atoms with Crippen molar-refractivity contribution >= 4 is 53.4 Å². The topological polar surface area (TPSA) is 153 Å². The minimum absolute atomic E-state index is 0. The Kier molecular flexibility index (Phi) is 6.99. The van der Waals surface area contributed by atoms with Crippen LogP contribution in [-0.4, -0.2) is 27.7 Å². The number of H-pyrrole nitrogens is 1. The molecule has 3 rings (SSSR count). The van der Waals surface area contributed by atoms with E-state index >= 15 is 0 Å². The van der Waals surface area contributed by atoms with Crippen LogP contribution in [0.25, 0.3) is 22.2 Å². The SMILES string of the molecule is Cl.Cl.N=C(N)c1ccc(-c2[nH]c3cc(C(=N)N)ccc3c2CC(=O)O)cc1. The van der Waals surface area contributed by atoms with Crippen LogP contribution >= 0.6 is 24.8 Å². The molecule has 0 aliphatic carbocycles. The highest BCUT2D eigenvalue weighted by molar-refractivity contribution is 6.01. The molecule has 142 valence electrons. The van der Waals surface area contributed by atoms with Crippen LogP contribution in [0.4, 0.5) is 0 Å². The highest BCUT2D eigenvalue weighted by Crippen LogP contribution is 2.31. The summed E-state index contributed by atoms with van der Waals surface area (Å²) < 4.78 is 0. The van der Waals surface area contributed by atoms with Crippen LogP contribution in [0.15, 0.2) is 42.5 Å². The molecule has 2 aromatic carbocycles. The van der Waals surface area contributed by atoms with Gasteiger partial charge < -0.3 is 21.6 Å². The van der Waals surface area contributed by atoms with Crippen molar-refractivity contribution < 1.29 is 9.90 Å². The Morgan fingerprint density at radius 1 is 0.963 bits per heavy atom. The van der Waals surface area contributed by atoms with Gasteiger partial charge in [-0.1, -0.05) is 36.4 Å². The van der Waals surface area contributed by atoms with Crippen molar-refractivity contribution in [2.45, 2.75) is 6.42 Å². The maximum absolute atomic E-state index is 11.3. The van der Waals surface area contributed by atoms with Crippen molar-refractivity contribution in [3.8, 4) is 11.3 Å². The summed E-state index contributed by atoms with van der Waals surface area (Å²) in [5.41, 5.74) is 15.0. The van der Waals surface area contributed by atoms with Gasteiger partial charge in [-0.25, -0.2) is 0 Å². The number of aromatic amines is 1. The molecule has 0 saturated heterocycles. The summed E-state index contributed by atoms with van der Waals surface area (Å²) in [6.45, 7) is 0. The Hall–Kier alpha value is -3.03. The third kappa shape index (κ3) is 4.39. The zero-order valence-electron chi connectivity index (χ0n) is 14.1.